The summed E-state index contributed by atoms with van der Waals surface area (Å²) in [6.07, 6.45) is 1.59. The summed E-state index contributed by atoms with van der Waals surface area (Å²) in [7, 11) is 1.95. The number of rotatable bonds is 5. The van der Waals surface area contributed by atoms with Gasteiger partial charge in [0.1, 0.15) is 9.71 Å². The summed E-state index contributed by atoms with van der Waals surface area (Å²) >= 11 is 1.31. The van der Waals surface area contributed by atoms with Crippen LogP contribution in [0.2, 0.25) is 0 Å². The SMILES string of the molecule is Cc1nn(-c2ccccc2)c2sc(C(=O)OCC(=O)C=C3N(C)c4ccccc4C3(C)C)cc12. The number of hydrogen-bond donors (Lipinski definition) is 0. The number of anilines is 1. The molecular weight excluding hydrogens is 446 g/mol. The minimum absolute atomic E-state index is 0.246. The molecule has 0 saturated carbocycles. The summed E-state index contributed by atoms with van der Waals surface area (Å²) in [6.45, 7) is 5.80. The Balaban J connectivity index is 1.33. The molecule has 0 spiro atoms. The van der Waals surface area contributed by atoms with E-state index in [1.54, 1.807) is 12.1 Å². The van der Waals surface area contributed by atoms with E-state index >= 15 is 0 Å². The molecule has 7 heteroatoms. The van der Waals surface area contributed by atoms with Crippen molar-refractivity contribution in [1.29, 1.82) is 0 Å². The third kappa shape index (κ3) is 3.62. The minimum atomic E-state index is -0.505. The topological polar surface area (TPSA) is 64.4 Å². The second-order valence-corrected chi connectivity index (χ2v) is 9.97. The normalized spacial score (nSPS) is 15.6. The molecule has 0 atom stereocenters. The van der Waals surface area contributed by atoms with Gasteiger partial charge < -0.3 is 9.64 Å². The molecule has 1 aliphatic heterocycles. The second kappa shape index (κ2) is 8.25. The van der Waals surface area contributed by atoms with Gasteiger partial charge in [0.25, 0.3) is 0 Å². The van der Waals surface area contributed by atoms with Crippen molar-refractivity contribution in [3.05, 3.63) is 88.6 Å². The van der Waals surface area contributed by atoms with Crippen LogP contribution in [-0.4, -0.2) is 35.2 Å². The molecule has 0 radical (unpaired) electrons. The first-order chi connectivity index (χ1) is 16.3. The zero-order valence-electron chi connectivity index (χ0n) is 19.5. The molecule has 34 heavy (non-hydrogen) atoms. The quantitative estimate of drug-likeness (QED) is 0.287. The van der Waals surface area contributed by atoms with E-state index in [1.165, 1.54) is 16.9 Å². The minimum Gasteiger partial charge on any atom is -0.453 e. The average molecular weight is 472 g/mol. The summed E-state index contributed by atoms with van der Waals surface area (Å²) in [6, 6.07) is 19.7. The van der Waals surface area contributed by atoms with Crippen molar-refractivity contribution in [2.24, 2.45) is 0 Å². The molecule has 172 valence electrons. The van der Waals surface area contributed by atoms with E-state index in [1.807, 2.05) is 72.1 Å². The average Bonchev–Trinajstić information content (AvgIpc) is 3.46. The lowest BCUT2D eigenvalue weighted by Gasteiger charge is -2.23. The maximum atomic E-state index is 12.8. The molecule has 4 aromatic rings. The molecule has 0 unspecified atom stereocenters. The molecule has 0 amide bonds. The van der Waals surface area contributed by atoms with Gasteiger partial charge in [-0.05, 0) is 36.8 Å². The van der Waals surface area contributed by atoms with E-state index in [0.717, 1.165) is 33.0 Å². The number of likely N-dealkylation sites (N-methyl/N-ethyl adjacent to an activating group) is 1. The van der Waals surface area contributed by atoms with E-state index in [9.17, 15) is 9.59 Å². The van der Waals surface area contributed by atoms with Gasteiger partial charge in [0.2, 0.25) is 0 Å². The lowest BCUT2D eigenvalue weighted by Crippen LogP contribution is -2.25. The fourth-order valence-electron chi connectivity index (χ4n) is 4.55. The first-order valence-electron chi connectivity index (χ1n) is 11.1. The number of ketones is 1. The third-order valence-electron chi connectivity index (χ3n) is 6.33. The third-order valence-corrected chi connectivity index (χ3v) is 7.42. The Kier molecular flexibility index (Phi) is 5.37. The van der Waals surface area contributed by atoms with Crippen LogP contribution in [-0.2, 0) is 14.9 Å². The van der Waals surface area contributed by atoms with Gasteiger partial charge in [-0.15, -0.1) is 11.3 Å². The van der Waals surface area contributed by atoms with Crippen molar-refractivity contribution in [2.75, 3.05) is 18.6 Å². The van der Waals surface area contributed by atoms with Gasteiger partial charge in [-0.2, -0.15) is 5.10 Å². The monoisotopic (exact) mass is 471 g/mol. The lowest BCUT2D eigenvalue weighted by molar-refractivity contribution is -0.117. The molecule has 3 heterocycles. The van der Waals surface area contributed by atoms with Crippen molar-refractivity contribution in [1.82, 2.24) is 9.78 Å². The summed E-state index contributed by atoms with van der Waals surface area (Å²) in [5.74, 6) is -0.752. The predicted octanol–water partition coefficient (Wildman–Crippen LogP) is 5.43. The number of aromatic nitrogens is 2. The van der Waals surface area contributed by atoms with E-state index in [-0.39, 0.29) is 17.8 Å². The first-order valence-corrected chi connectivity index (χ1v) is 11.9. The molecule has 0 saturated heterocycles. The maximum absolute atomic E-state index is 12.8. The lowest BCUT2D eigenvalue weighted by atomic mass is 9.83. The Morgan fingerprint density at radius 3 is 2.53 bits per heavy atom. The number of carbonyl (C=O) groups excluding carboxylic acids is 2. The second-order valence-electron chi connectivity index (χ2n) is 8.94. The highest BCUT2D eigenvalue weighted by molar-refractivity contribution is 7.20. The maximum Gasteiger partial charge on any atom is 0.348 e. The van der Waals surface area contributed by atoms with Crippen molar-refractivity contribution < 1.29 is 14.3 Å². The largest absolute Gasteiger partial charge is 0.453 e. The molecule has 0 fully saturated rings. The van der Waals surface area contributed by atoms with Crippen LogP contribution < -0.4 is 4.90 Å². The van der Waals surface area contributed by atoms with Gasteiger partial charge in [0, 0.05) is 35.3 Å². The number of esters is 1. The zero-order valence-corrected chi connectivity index (χ0v) is 20.3. The number of carbonyl (C=O) groups is 2. The van der Waals surface area contributed by atoms with E-state index in [0.29, 0.717) is 4.88 Å². The van der Waals surface area contributed by atoms with Crippen molar-refractivity contribution in [3.8, 4) is 5.69 Å². The van der Waals surface area contributed by atoms with Crippen LogP contribution in [0.5, 0.6) is 0 Å². The summed E-state index contributed by atoms with van der Waals surface area (Å²) in [4.78, 5) is 28.9. The standard InChI is InChI=1S/C27H25N3O3S/c1-17-20-15-23(34-25(20)30(28-17)18-10-6-5-7-11-18)26(32)33-16-19(31)14-24-27(2,3)21-12-8-9-13-22(21)29(24)4/h5-15H,16H2,1-4H3. The molecule has 0 N–H and O–H groups in total. The fraction of sp³-hybridized carbons (Fsp3) is 0.222. The van der Waals surface area contributed by atoms with Gasteiger partial charge in [-0.1, -0.05) is 50.2 Å². The Hall–Kier alpha value is -3.71. The van der Waals surface area contributed by atoms with Crippen molar-refractivity contribution in [3.63, 3.8) is 0 Å². The van der Waals surface area contributed by atoms with Gasteiger partial charge in [0.05, 0.1) is 11.4 Å². The van der Waals surface area contributed by atoms with Crippen LogP contribution >= 0.6 is 11.3 Å². The summed E-state index contributed by atoms with van der Waals surface area (Å²) in [5.41, 5.74) is 4.58. The number of fused-ring (bicyclic) bond motifs is 2. The first kappa shape index (κ1) is 22.1. The molecule has 0 aliphatic carbocycles. The zero-order chi connectivity index (χ0) is 24.0. The fourth-order valence-corrected chi connectivity index (χ4v) is 5.63. The molecular formula is C27H25N3O3S. The Morgan fingerprint density at radius 1 is 1.09 bits per heavy atom. The van der Waals surface area contributed by atoms with Gasteiger partial charge in [-0.25, -0.2) is 9.48 Å². The highest BCUT2D eigenvalue weighted by atomic mass is 32.1. The van der Waals surface area contributed by atoms with Gasteiger partial charge >= 0.3 is 5.97 Å². The van der Waals surface area contributed by atoms with Crippen LogP contribution in [0.1, 0.15) is 34.8 Å². The van der Waals surface area contributed by atoms with Crippen LogP contribution in [0.3, 0.4) is 0 Å². The molecule has 2 aromatic carbocycles. The smallest absolute Gasteiger partial charge is 0.348 e. The number of thiophene rings is 1. The Labute approximate surface area is 202 Å². The Morgan fingerprint density at radius 2 is 1.79 bits per heavy atom. The van der Waals surface area contributed by atoms with Crippen molar-refractivity contribution >= 4 is 39.0 Å². The van der Waals surface area contributed by atoms with Gasteiger partial charge in [0.15, 0.2) is 12.4 Å². The molecule has 0 bridgehead atoms. The number of aryl methyl sites for hydroxylation is 1. The highest BCUT2D eigenvalue weighted by Gasteiger charge is 2.38. The highest BCUT2D eigenvalue weighted by Crippen LogP contribution is 2.46. The summed E-state index contributed by atoms with van der Waals surface area (Å²) < 4.78 is 7.22. The van der Waals surface area contributed by atoms with E-state index in [4.69, 9.17) is 4.74 Å². The van der Waals surface area contributed by atoms with Crippen LogP contribution in [0.15, 0.2) is 72.4 Å². The number of benzene rings is 2. The van der Waals surface area contributed by atoms with Crippen molar-refractivity contribution in [2.45, 2.75) is 26.2 Å². The van der Waals surface area contributed by atoms with Gasteiger partial charge in [-0.3, -0.25) is 4.79 Å². The van der Waals surface area contributed by atoms with Crippen LogP contribution in [0.4, 0.5) is 5.69 Å². The Bertz CT molecular complexity index is 1450. The molecule has 1 aliphatic rings. The molecule has 6 nitrogen and oxygen atoms in total. The number of nitrogens with zero attached hydrogens (tertiary/aromatic N) is 3. The molecule has 2 aromatic heterocycles. The summed E-state index contributed by atoms with van der Waals surface area (Å²) in [5, 5.41) is 5.50. The van der Waals surface area contributed by atoms with Crippen LogP contribution in [0, 0.1) is 6.92 Å². The van der Waals surface area contributed by atoms with E-state index < -0.39 is 5.97 Å². The van der Waals surface area contributed by atoms with E-state index in [2.05, 4.69) is 25.0 Å². The number of ether oxygens (including phenoxy) is 1. The van der Waals surface area contributed by atoms with Crippen LogP contribution in [0.25, 0.3) is 15.9 Å². The molecule has 5 rings (SSSR count). The number of allylic oxidation sites excluding steroid dienone is 1. The number of hydrogen-bond acceptors (Lipinski definition) is 6. The number of para-hydroxylation sites is 2. The predicted molar refractivity (Wildman–Crippen MR) is 135 cm³/mol.